The Balaban J connectivity index is 1.52. The molecule has 2 heterocycles. The average Bonchev–Trinajstić information content (AvgIpc) is 2.87. The quantitative estimate of drug-likeness (QED) is 0.746. The smallest absolute Gasteiger partial charge is 0.259 e. The molecule has 1 aliphatic carbocycles. The summed E-state index contributed by atoms with van der Waals surface area (Å²) in [6.07, 6.45) is 5.82. The number of fused-ring (bicyclic) bond motifs is 1. The van der Waals surface area contributed by atoms with Crippen LogP contribution in [0.25, 0.3) is 5.78 Å². The van der Waals surface area contributed by atoms with Gasteiger partial charge in [0.1, 0.15) is 11.9 Å². The Morgan fingerprint density at radius 1 is 1.18 bits per heavy atom. The van der Waals surface area contributed by atoms with Gasteiger partial charge in [0.25, 0.3) is 5.56 Å². The Kier molecular flexibility index (Phi) is 2.99. The second-order valence-electron chi connectivity index (χ2n) is 5.79. The second kappa shape index (κ2) is 5.02. The fourth-order valence-corrected chi connectivity index (χ4v) is 2.96. The summed E-state index contributed by atoms with van der Waals surface area (Å²) in [6, 6.07) is 11.8. The fraction of sp³-hybridized carbons (Fsp3) is 0.294. The zero-order valence-electron chi connectivity index (χ0n) is 12.3. The maximum Gasteiger partial charge on any atom is 0.259 e. The van der Waals surface area contributed by atoms with Gasteiger partial charge >= 0.3 is 0 Å². The molecule has 1 saturated carbocycles. The molecule has 0 unspecified atom stereocenters. The topological polar surface area (TPSA) is 48.5 Å². The molecule has 0 radical (unpaired) electrons. The number of aryl methyl sites for hydroxylation is 1. The van der Waals surface area contributed by atoms with E-state index in [4.69, 9.17) is 4.74 Å². The summed E-state index contributed by atoms with van der Waals surface area (Å²) >= 11 is 0. The van der Waals surface area contributed by atoms with E-state index >= 15 is 0 Å². The van der Waals surface area contributed by atoms with Crippen LogP contribution in [-0.4, -0.2) is 20.1 Å². The van der Waals surface area contributed by atoms with E-state index in [9.17, 15) is 4.79 Å². The maximum atomic E-state index is 11.9. The van der Waals surface area contributed by atoms with Crippen molar-refractivity contribution in [1.82, 2.24) is 14.0 Å². The Hall–Kier alpha value is -2.56. The molecule has 0 atom stereocenters. The Bertz CT molecular complexity index is 860. The van der Waals surface area contributed by atoms with Crippen LogP contribution < -0.4 is 10.3 Å². The molecular weight excluding hydrogens is 278 g/mol. The molecule has 1 aromatic carbocycles. The average molecular weight is 295 g/mol. The number of ether oxygens (including phenoxy) is 1. The summed E-state index contributed by atoms with van der Waals surface area (Å²) < 4.78 is 9.61. The first-order chi connectivity index (χ1) is 10.7. The molecular formula is C17H17N3O2. The highest BCUT2D eigenvalue weighted by molar-refractivity contribution is 5.32. The van der Waals surface area contributed by atoms with Crippen LogP contribution in [0.2, 0.25) is 0 Å². The van der Waals surface area contributed by atoms with Gasteiger partial charge in [-0.1, -0.05) is 18.2 Å². The van der Waals surface area contributed by atoms with Crippen molar-refractivity contribution in [3.05, 3.63) is 64.8 Å². The number of aromatic nitrogens is 3. The molecule has 1 aliphatic rings. The standard InChI is InChI=1S/C17H17N3O2/c1-12-9-16(21)20-8-7-19(17(20)18-12)13-10-15(11-13)22-14-5-3-2-4-6-14/h2-9,13,15H,10-11H2,1H3. The van der Waals surface area contributed by atoms with Gasteiger partial charge in [0.05, 0.1) is 0 Å². The summed E-state index contributed by atoms with van der Waals surface area (Å²) in [4.78, 5) is 16.4. The van der Waals surface area contributed by atoms with E-state index in [1.54, 1.807) is 16.7 Å². The van der Waals surface area contributed by atoms with Crippen molar-refractivity contribution in [2.24, 2.45) is 0 Å². The monoisotopic (exact) mass is 295 g/mol. The van der Waals surface area contributed by atoms with Crippen LogP contribution in [0, 0.1) is 6.92 Å². The number of imidazole rings is 1. The van der Waals surface area contributed by atoms with E-state index in [0.717, 1.165) is 24.3 Å². The highest BCUT2D eigenvalue weighted by Gasteiger charge is 2.33. The van der Waals surface area contributed by atoms with Crippen LogP contribution >= 0.6 is 0 Å². The van der Waals surface area contributed by atoms with Gasteiger partial charge in [0, 0.05) is 43.0 Å². The van der Waals surface area contributed by atoms with E-state index in [1.807, 2.05) is 43.5 Å². The largest absolute Gasteiger partial charge is 0.490 e. The molecule has 0 amide bonds. The minimum atomic E-state index is -0.0299. The fourth-order valence-electron chi connectivity index (χ4n) is 2.96. The van der Waals surface area contributed by atoms with Gasteiger partial charge in [-0.25, -0.2) is 4.98 Å². The number of rotatable bonds is 3. The number of hydrogen-bond donors (Lipinski definition) is 0. The minimum absolute atomic E-state index is 0.0299. The van der Waals surface area contributed by atoms with Crippen LogP contribution in [0.1, 0.15) is 24.6 Å². The number of para-hydroxylation sites is 1. The van der Waals surface area contributed by atoms with Crippen LogP contribution in [0.5, 0.6) is 5.75 Å². The molecule has 2 aromatic heterocycles. The van der Waals surface area contributed by atoms with Gasteiger partial charge in [0.15, 0.2) is 0 Å². The zero-order chi connectivity index (χ0) is 15.1. The maximum absolute atomic E-state index is 11.9. The second-order valence-corrected chi connectivity index (χ2v) is 5.79. The molecule has 0 aliphatic heterocycles. The van der Waals surface area contributed by atoms with Gasteiger partial charge in [-0.2, -0.15) is 0 Å². The van der Waals surface area contributed by atoms with Crippen LogP contribution in [0.3, 0.4) is 0 Å². The van der Waals surface area contributed by atoms with Crippen molar-refractivity contribution in [1.29, 1.82) is 0 Å². The van der Waals surface area contributed by atoms with Crippen molar-refractivity contribution >= 4 is 5.78 Å². The zero-order valence-corrected chi connectivity index (χ0v) is 12.3. The van der Waals surface area contributed by atoms with Crippen LogP contribution in [0.4, 0.5) is 0 Å². The van der Waals surface area contributed by atoms with Crippen molar-refractivity contribution in [3.8, 4) is 5.75 Å². The third-order valence-corrected chi connectivity index (χ3v) is 4.18. The summed E-state index contributed by atoms with van der Waals surface area (Å²) in [5, 5.41) is 0. The van der Waals surface area contributed by atoms with Gasteiger partial charge in [-0.3, -0.25) is 9.20 Å². The van der Waals surface area contributed by atoms with Gasteiger partial charge in [-0.15, -0.1) is 0 Å². The molecule has 0 saturated heterocycles. The predicted molar refractivity (Wildman–Crippen MR) is 83.3 cm³/mol. The minimum Gasteiger partial charge on any atom is -0.490 e. The molecule has 3 aromatic rings. The predicted octanol–water partition coefficient (Wildman–Crippen LogP) is 2.59. The molecule has 112 valence electrons. The summed E-state index contributed by atoms with van der Waals surface area (Å²) in [5.41, 5.74) is 0.721. The molecule has 4 rings (SSSR count). The molecule has 5 nitrogen and oxygen atoms in total. The van der Waals surface area contributed by atoms with Crippen LogP contribution in [-0.2, 0) is 0 Å². The van der Waals surface area contributed by atoms with E-state index < -0.39 is 0 Å². The Morgan fingerprint density at radius 3 is 2.73 bits per heavy atom. The first kappa shape index (κ1) is 13.1. The molecule has 5 heteroatoms. The van der Waals surface area contributed by atoms with Crippen molar-refractivity contribution in [2.75, 3.05) is 0 Å². The van der Waals surface area contributed by atoms with E-state index in [0.29, 0.717) is 11.8 Å². The molecule has 22 heavy (non-hydrogen) atoms. The van der Waals surface area contributed by atoms with Crippen molar-refractivity contribution in [3.63, 3.8) is 0 Å². The van der Waals surface area contributed by atoms with Gasteiger partial charge in [0.2, 0.25) is 5.78 Å². The Labute approximate surface area is 127 Å². The summed E-state index contributed by atoms with van der Waals surface area (Å²) in [6.45, 7) is 1.85. The number of hydrogen-bond acceptors (Lipinski definition) is 3. The van der Waals surface area contributed by atoms with Crippen molar-refractivity contribution < 1.29 is 4.74 Å². The third-order valence-electron chi connectivity index (χ3n) is 4.18. The molecule has 0 bridgehead atoms. The normalized spacial score (nSPS) is 20.8. The van der Waals surface area contributed by atoms with E-state index in [2.05, 4.69) is 9.55 Å². The lowest BCUT2D eigenvalue weighted by Gasteiger charge is -2.36. The lowest BCUT2D eigenvalue weighted by atomic mass is 9.89. The molecule has 0 N–H and O–H groups in total. The Morgan fingerprint density at radius 2 is 1.95 bits per heavy atom. The SMILES string of the molecule is Cc1cc(=O)n2ccn(C3CC(Oc4ccccc4)C3)c2n1. The lowest BCUT2D eigenvalue weighted by Crippen LogP contribution is -2.35. The third kappa shape index (κ3) is 2.19. The van der Waals surface area contributed by atoms with Crippen LogP contribution in [0.15, 0.2) is 53.6 Å². The van der Waals surface area contributed by atoms with E-state index in [-0.39, 0.29) is 11.7 Å². The van der Waals surface area contributed by atoms with Crippen molar-refractivity contribution in [2.45, 2.75) is 31.9 Å². The number of benzene rings is 1. The molecule has 0 spiro atoms. The summed E-state index contributed by atoms with van der Waals surface area (Å²) in [5.74, 6) is 1.63. The van der Waals surface area contributed by atoms with Gasteiger partial charge in [-0.05, 0) is 19.1 Å². The highest BCUT2D eigenvalue weighted by Crippen LogP contribution is 2.36. The van der Waals surface area contributed by atoms with E-state index in [1.165, 1.54) is 0 Å². The van der Waals surface area contributed by atoms with Gasteiger partial charge < -0.3 is 9.30 Å². The first-order valence-corrected chi connectivity index (χ1v) is 7.49. The highest BCUT2D eigenvalue weighted by atomic mass is 16.5. The first-order valence-electron chi connectivity index (χ1n) is 7.49. The lowest BCUT2D eigenvalue weighted by molar-refractivity contribution is 0.0719. The number of nitrogens with zero attached hydrogens (tertiary/aromatic N) is 3. The molecule has 1 fully saturated rings. The summed E-state index contributed by atoms with van der Waals surface area (Å²) in [7, 11) is 0.